The third kappa shape index (κ3) is 3.27. The first-order valence-electron chi connectivity index (χ1n) is 3.72. The molecule has 0 bridgehead atoms. The van der Waals surface area contributed by atoms with E-state index < -0.39 is 15.6 Å². The van der Waals surface area contributed by atoms with Gasteiger partial charge in [0.15, 0.2) is 0 Å². The molecular formula is C9H11AlO. The van der Waals surface area contributed by atoms with Crippen LogP contribution in [0.4, 0.5) is 0 Å². The standard InChI is InChI=1S/C6H6O.C3H5.Al.H/c7-6-4-2-1-3-5-6;1-3-2;;/h1-5,7H;3H,1-2H2;;/q;;+1;/p-1. The Labute approximate surface area is 73.7 Å². The molecule has 0 saturated carbocycles. The van der Waals surface area contributed by atoms with E-state index in [-0.39, 0.29) is 0 Å². The molecular weight excluding hydrogens is 151 g/mol. The second-order valence-electron chi connectivity index (χ2n) is 2.24. The van der Waals surface area contributed by atoms with E-state index in [0.29, 0.717) is 0 Å². The maximum atomic E-state index is 5.51. The number of rotatable bonds is 4. The quantitative estimate of drug-likeness (QED) is 0.374. The summed E-state index contributed by atoms with van der Waals surface area (Å²) < 4.78 is 5.51. The minimum atomic E-state index is -0.405. The molecule has 56 valence electrons. The van der Waals surface area contributed by atoms with Crippen molar-refractivity contribution in [3.05, 3.63) is 43.0 Å². The van der Waals surface area contributed by atoms with Crippen LogP contribution < -0.4 is 3.79 Å². The van der Waals surface area contributed by atoms with Crippen LogP contribution in [0.2, 0.25) is 5.28 Å². The van der Waals surface area contributed by atoms with Crippen molar-refractivity contribution in [1.82, 2.24) is 0 Å². The third-order valence-corrected chi connectivity index (χ3v) is 2.52. The van der Waals surface area contributed by atoms with Gasteiger partial charge in [0.25, 0.3) is 0 Å². The predicted molar refractivity (Wildman–Crippen MR) is 49.2 cm³/mol. The van der Waals surface area contributed by atoms with E-state index in [1.54, 1.807) is 0 Å². The molecule has 1 rings (SSSR count). The smallest absolute Gasteiger partial charge is 0.526 e. The lowest BCUT2D eigenvalue weighted by Crippen LogP contribution is -1.98. The molecule has 11 heavy (non-hydrogen) atoms. The van der Waals surface area contributed by atoms with Crippen molar-refractivity contribution in [2.75, 3.05) is 0 Å². The van der Waals surface area contributed by atoms with Gasteiger partial charge in [-0.2, -0.15) is 0 Å². The molecule has 2 heteroatoms. The molecule has 0 saturated heterocycles. The van der Waals surface area contributed by atoms with E-state index in [0.717, 1.165) is 11.0 Å². The zero-order valence-corrected chi connectivity index (χ0v) is 7.91. The van der Waals surface area contributed by atoms with Crippen LogP contribution in [0, 0.1) is 0 Å². The van der Waals surface area contributed by atoms with Crippen LogP contribution in [0.3, 0.4) is 0 Å². The molecule has 0 aromatic heterocycles. The molecule has 0 heterocycles. The van der Waals surface area contributed by atoms with Crippen molar-refractivity contribution >= 4 is 15.6 Å². The highest BCUT2D eigenvalue weighted by Crippen LogP contribution is 2.07. The Morgan fingerprint density at radius 2 is 2.09 bits per heavy atom. The van der Waals surface area contributed by atoms with Crippen LogP contribution in [0.5, 0.6) is 5.75 Å². The van der Waals surface area contributed by atoms with Gasteiger partial charge in [-0.05, 0) is 17.4 Å². The molecule has 0 spiro atoms. The summed E-state index contributed by atoms with van der Waals surface area (Å²) >= 11 is -0.405. The molecule has 0 aliphatic rings. The van der Waals surface area contributed by atoms with Gasteiger partial charge in [0.1, 0.15) is 0 Å². The summed E-state index contributed by atoms with van der Waals surface area (Å²) in [6, 6.07) is 9.92. The van der Waals surface area contributed by atoms with Crippen LogP contribution in [-0.4, -0.2) is 15.6 Å². The van der Waals surface area contributed by atoms with Gasteiger partial charge in [-0.15, -0.1) is 12.7 Å². The van der Waals surface area contributed by atoms with E-state index >= 15 is 0 Å². The largest absolute Gasteiger partial charge is 0.645 e. The van der Waals surface area contributed by atoms with E-state index in [9.17, 15) is 0 Å². The number of hydrogen-bond acceptors (Lipinski definition) is 1. The van der Waals surface area contributed by atoms with Crippen LogP contribution >= 0.6 is 0 Å². The van der Waals surface area contributed by atoms with Gasteiger partial charge in [-0.1, -0.05) is 18.2 Å². The molecule has 0 aliphatic heterocycles. The van der Waals surface area contributed by atoms with Gasteiger partial charge in [-0.25, -0.2) is 0 Å². The Morgan fingerprint density at radius 3 is 2.73 bits per heavy atom. The Kier molecular flexibility index (Phi) is 3.82. The summed E-state index contributed by atoms with van der Waals surface area (Å²) in [6.07, 6.45) is 1.91. The first kappa shape index (κ1) is 8.39. The summed E-state index contributed by atoms with van der Waals surface area (Å²) in [5.41, 5.74) is 0. The molecule has 0 aliphatic carbocycles. The Balaban J connectivity index is 2.33. The summed E-state index contributed by atoms with van der Waals surface area (Å²) in [5.74, 6) is 0.987. The van der Waals surface area contributed by atoms with Gasteiger partial charge in [0.2, 0.25) is 0 Å². The molecule has 0 amide bonds. The zero-order chi connectivity index (χ0) is 7.94. The van der Waals surface area contributed by atoms with E-state index in [1.165, 1.54) is 0 Å². The monoisotopic (exact) mass is 162 g/mol. The van der Waals surface area contributed by atoms with Crippen LogP contribution in [0.15, 0.2) is 43.0 Å². The first-order chi connectivity index (χ1) is 5.43. The summed E-state index contributed by atoms with van der Waals surface area (Å²) in [6.45, 7) is 3.65. The fraction of sp³-hybridized carbons (Fsp3) is 0.111. The average Bonchev–Trinajstić information content (AvgIpc) is 2.07. The molecule has 0 fully saturated rings. The molecule has 1 aromatic rings. The number of para-hydroxylation sites is 1. The maximum absolute atomic E-state index is 5.51. The van der Waals surface area contributed by atoms with Gasteiger partial charge in [0, 0.05) is 0 Å². The highest BCUT2D eigenvalue weighted by atomic mass is 27.1. The summed E-state index contributed by atoms with van der Waals surface area (Å²) in [7, 11) is 0. The Bertz CT molecular complexity index is 208. The third-order valence-electron chi connectivity index (χ3n) is 1.33. The fourth-order valence-corrected chi connectivity index (χ4v) is 1.49. The fourth-order valence-electron chi connectivity index (χ4n) is 0.777. The first-order valence-corrected chi connectivity index (χ1v) is 5.30. The van der Waals surface area contributed by atoms with E-state index in [1.807, 2.05) is 36.4 Å². The predicted octanol–water partition coefficient (Wildman–Crippen LogP) is 2.02. The van der Waals surface area contributed by atoms with Gasteiger partial charge < -0.3 is 3.79 Å². The SMILES string of the molecule is C=C[CH2][AlH][O]c1ccccc1. The van der Waals surface area contributed by atoms with Crippen molar-refractivity contribution in [3.63, 3.8) is 0 Å². The van der Waals surface area contributed by atoms with Crippen LogP contribution in [-0.2, 0) is 0 Å². The zero-order valence-electron chi connectivity index (χ0n) is 6.49. The van der Waals surface area contributed by atoms with Crippen molar-refractivity contribution in [1.29, 1.82) is 0 Å². The number of allylic oxidation sites excluding steroid dienone is 1. The van der Waals surface area contributed by atoms with Crippen molar-refractivity contribution in [2.45, 2.75) is 5.28 Å². The lowest BCUT2D eigenvalue weighted by molar-refractivity contribution is 0.596. The molecule has 1 nitrogen and oxygen atoms in total. The average molecular weight is 162 g/mol. The van der Waals surface area contributed by atoms with Gasteiger partial charge in [0.05, 0.1) is 5.75 Å². The molecule has 0 radical (unpaired) electrons. The lowest BCUT2D eigenvalue weighted by atomic mass is 10.3. The second-order valence-corrected chi connectivity index (χ2v) is 3.51. The highest BCUT2D eigenvalue weighted by molar-refractivity contribution is 6.29. The summed E-state index contributed by atoms with van der Waals surface area (Å²) in [5, 5.41) is 1.04. The van der Waals surface area contributed by atoms with E-state index in [2.05, 4.69) is 6.58 Å². The number of benzene rings is 1. The second kappa shape index (κ2) is 5.01. The van der Waals surface area contributed by atoms with Crippen molar-refractivity contribution < 1.29 is 3.79 Å². The van der Waals surface area contributed by atoms with Crippen molar-refractivity contribution in [2.24, 2.45) is 0 Å². The van der Waals surface area contributed by atoms with Crippen LogP contribution in [0.25, 0.3) is 0 Å². The number of hydrogen-bond donors (Lipinski definition) is 0. The normalized spacial score (nSPS) is 8.73. The minimum absolute atomic E-state index is 0.405. The molecule has 0 atom stereocenters. The van der Waals surface area contributed by atoms with E-state index in [4.69, 9.17) is 3.79 Å². The summed E-state index contributed by atoms with van der Waals surface area (Å²) in [4.78, 5) is 0. The maximum Gasteiger partial charge on any atom is 0.526 e. The Hall–Kier alpha value is -0.708. The molecule has 1 aromatic carbocycles. The topological polar surface area (TPSA) is 9.23 Å². The molecule has 0 unspecified atom stereocenters. The minimum Gasteiger partial charge on any atom is -0.645 e. The van der Waals surface area contributed by atoms with Crippen molar-refractivity contribution in [3.8, 4) is 5.75 Å². The molecule has 0 N–H and O–H groups in total. The lowest BCUT2D eigenvalue weighted by Gasteiger charge is -2.02. The highest BCUT2D eigenvalue weighted by Gasteiger charge is 1.93. The van der Waals surface area contributed by atoms with Gasteiger partial charge in [-0.3, -0.25) is 0 Å². The van der Waals surface area contributed by atoms with Gasteiger partial charge >= 0.3 is 15.6 Å². The Morgan fingerprint density at radius 1 is 1.36 bits per heavy atom. The van der Waals surface area contributed by atoms with Crippen LogP contribution in [0.1, 0.15) is 0 Å².